The zero-order valence-corrected chi connectivity index (χ0v) is 18.3. The van der Waals surface area contributed by atoms with Crippen LogP contribution in [0.25, 0.3) is 11.2 Å². The third-order valence-electron chi connectivity index (χ3n) is 4.63. The summed E-state index contributed by atoms with van der Waals surface area (Å²) in [6.45, 7) is 5.03. The second-order valence-electron chi connectivity index (χ2n) is 8.19. The third-order valence-corrected chi connectivity index (χ3v) is 6.13. The number of nitrogen functional groups attached to an aromatic ring is 2. The molecule has 3 rings (SSSR count). The molecule has 166 valence electrons. The number of nitrogens with zero attached hydrogens (tertiary/aromatic N) is 4. The number of aromatic nitrogens is 4. The summed E-state index contributed by atoms with van der Waals surface area (Å²) >= 11 is 0. The predicted octanol–water partition coefficient (Wildman–Crippen LogP) is 1.90. The molecule has 0 bridgehead atoms. The fourth-order valence-corrected chi connectivity index (χ4v) is 3.56. The van der Waals surface area contributed by atoms with Crippen LogP contribution in [0.5, 0.6) is 0 Å². The Morgan fingerprint density at radius 3 is 2.60 bits per heavy atom. The molecular weight excluding hydrogens is 415 g/mol. The smallest absolute Gasteiger partial charge is 0.358 e. The van der Waals surface area contributed by atoms with Crippen LogP contribution >= 0.6 is 7.60 Å². The van der Waals surface area contributed by atoms with E-state index in [2.05, 4.69) is 15.0 Å². The van der Waals surface area contributed by atoms with E-state index in [1.807, 2.05) is 0 Å². The highest BCUT2D eigenvalue weighted by atomic mass is 31.2. The molecule has 0 saturated heterocycles. The van der Waals surface area contributed by atoms with Gasteiger partial charge in [-0.05, 0) is 33.6 Å². The summed E-state index contributed by atoms with van der Waals surface area (Å²) in [5.74, 6) is -0.226. The second kappa shape index (κ2) is 8.10. The average molecular weight is 442 g/mol. The van der Waals surface area contributed by atoms with E-state index in [-0.39, 0.29) is 18.1 Å². The van der Waals surface area contributed by atoms with Crippen LogP contribution in [0.3, 0.4) is 0 Å². The summed E-state index contributed by atoms with van der Waals surface area (Å²) < 4.78 is 35.6. The number of nitrogens with two attached hydrogens (primary N) is 2. The Labute approximate surface area is 173 Å². The van der Waals surface area contributed by atoms with Crippen molar-refractivity contribution in [3.8, 4) is 0 Å². The van der Waals surface area contributed by atoms with Gasteiger partial charge in [0.1, 0.15) is 11.9 Å². The zero-order valence-electron chi connectivity index (χ0n) is 17.5. The highest BCUT2D eigenvalue weighted by Crippen LogP contribution is 2.51. The number of hydrogen-bond donors (Lipinski definition) is 2. The molecule has 0 aliphatic heterocycles. The standard InChI is InChI=1S/C17H27N6O6P/c1-16(2,3)14(24)27-9-29-30(25,26-4)10-28-17(5-6-17)7-23-8-20-11-12(18)21-15(19)22-13(11)23/h8H,5-7,9-10H2,1-4H3,(H4,18,19,21,22). The Hall–Kier alpha value is -2.27. The molecule has 2 aromatic heterocycles. The Morgan fingerprint density at radius 2 is 2.00 bits per heavy atom. The minimum absolute atomic E-state index is 0.0506. The van der Waals surface area contributed by atoms with Crippen LogP contribution < -0.4 is 11.5 Å². The summed E-state index contributed by atoms with van der Waals surface area (Å²) in [5, 5.41) is 0. The molecule has 0 aromatic carbocycles. The van der Waals surface area contributed by atoms with Crippen LogP contribution in [-0.2, 0) is 34.4 Å². The van der Waals surface area contributed by atoms with Crippen LogP contribution in [-0.4, -0.2) is 51.3 Å². The molecule has 1 atom stereocenters. The normalized spacial score (nSPS) is 17.6. The fraction of sp³-hybridized carbons (Fsp3) is 0.647. The van der Waals surface area contributed by atoms with Crippen molar-refractivity contribution in [2.45, 2.75) is 45.8 Å². The van der Waals surface area contributed by atoms with Gasteiger partial charge in [0.2, 0.25) is 12.7 Å². The van der Waals surface area contributed by atoms with E-state index >= 15 is 0 Å². The Morgan fingerprint density at radius 1 is 1.30 bits per heavy atom. The van der Waals surface area contributed by atoms with Gasteiger partial charge in [0.15, 0.2) is 11.5 Å². The number of carbonyl (C=O) groups excluding carboxylic acids is 1. The van der Waals surface area contributed by atoms with E-state index in [4.69, 9.17) is 30.0 Å². The first-order chi connectivity index (χ1) is 14.0. The molecule has 30 heavy (non-hydrogen) atoms. The minimum atomic E-state index is -3.61. The molecule has 13 heteroatoms. The third kappa shape index (κ3) is 5.07. The summed E-state index contributed by atoms with van der Waals surface area (Å²) in [7, 11) is -2.36. The van der Waals surface area contributed by atoms with Gasteiger partial charge in [-0.2, -0.15) is 9.97 Å². The summed E-state index contributed by atoms with van der Waals surface area (Å²) in [6.07, 6.45) is 2.77. The molecule has 2 aromatic rings. The van der Waals surface area contributed by atoms with Gasteiger partial charge in [0.05, 0.1) is 23.9 Å². The SMILES string of the molecule is COP(=O)(COC1(Cn2cnc3c(N)nc(N)nc32)CC1)OCOC(=O)C(C)(C)C. The molecule has 1 fully saturated rings. The van der Waals surface area contributed by atoms with Crippen molar-refractivity contribution in [2.75, 3.05) is 31.7 Å². The maximum atomic E-state index is 12.8. The van der Waals surface area contributed by atoms with E-state index in [1.165, 1.54) is 7.11 Å². The Balaban J connectivity index is 1.60. The van der Waals surface area contributed by atoms with Crippen LogP contribution in [0.4, 0.5) is 11.8 Å². The number of hydrogen-bond acceptors (Lipinski definition) is 11. The van der Waals surface area contributed by atoms with Crippen molar-refractivity contribution >= 4 is 36.5 Å². The van der Waals surface area contributed by atoms with Crippen LogP contribution in [0.2, 0.25) is 0 Å². The summed E-state index contributed by atoms with van der Waals surface area (Å²) in [5.41, 5.74) is 11.2. The van der Waals surface area contributed by atoms with Gasteiger partial charge in [-0.15, -0.1) is 0 Å². The van der Waals surface area contributed by atoms with Gasteiger partial charge in [0.25, 0.3) is 0 Å². The molecule has 0 radical (unpaired) electrons. The molecular formula is C17H27N6O6P. The van der Waals surface area contributed by atoms with E-state index < -0.39 is 31.4 Å². The number of fused-ring (bicyclic) bond motifs is 1. The van der Waals surface area contributed by atoms with Crippen molar-refractivity contribution in [1.29, 1.82) is 0 Å². The van der Waals surface area contributed by atoms with Crippen molar-refractivity contribution in [3.63, 3.8) is 0 Å². The Kier molecular flexibility index (Phi) is 6.06. The van der Waals surface area contributed by atoms with Crippen molar-refractivity contribution in [2.24, 2.45) is 5.41 Å². The van der Waals surface area contributed by atoms with E-state index in [1.54, 1.807) is 31.7 Å². The monoisotopic (exact) mass is 442 g/mol. The predicted molar refractivity (Wildman–Crippen MR) is 108 cm³/mol. The number of imidazole rings is 1. The van der Waals surface area contributed by atoms with Crippen molar-refractivity contribution in [1.82, 2.24) is 19.5 Å². The lowest BCUT2D eigenvalue weighted by Crippen LogP contribution is -2.25. The fourth-order valence-electron chi connectivity index (χ4n) is 2.63. The number of ether oxygens (including phenoxy) is 2. The van der Waals surface area contributed by atoms with Gasteiger partial charge in [0, 0.05) is 7.11 Å². The first kappa shape index (κ1) is 22.4. The lowest BCUT2D eigenvalue weighted by Gasteiger charge is -2.22. The van der Waals surface area contributed by atoms with Crippen LogP contribution in [0.1, 0.15) is 33.6 Å². The van der Waals surface area contributed by atoms with Gasteiger partial charge < -0.3 is 30.0 Å². The minimum Gasteiger partial charge on any atom is -0.438 e. The van der Waals surface area contributed by atoms with Gasteiger partial charge in [-0.1, -0.05) is 0 Å². The number of carbonyl (C=O) groups is 1. The molecule has 1 aliphatic carbocycles. The number of rotatable bonds is 9. The first-order valence-electron chi connectivity index (χ1n) is 9.31. The molecule has 0 spiro atoms. The quantitative estimate of drug-likeness (QED) is 0.331. The van der Waals surface area contributed by atoms with E-state index in [0.29, 0.717) is 17.7 Å². The van der Waals surface area contributed by atoms with E-state index in [9.17, 15) is 9.36 Å². The van der Waals surface area contributed by atoms with Crippen LogP contribution in [0.15, 0.2) is 6.33 Å². The number of esters is 1. The highest BCUT2D eigenvalue weighted by Gasteiger charge is 2.46. The van der Waals surface area contributed by atoms with Gasteiger partial charge >= 0.3 is 13.6 Å². The topological polar surface area (TPSA) is 167 Å². The molecule has 1 aliphatic rings. The molecule has 12 nitrogen and oxygen atoms in total. The average Bonchev–Trinajstić information content (AvgIpc) is 3.32. The van der Waals surface area contributed by atoms with Gasteiger partial charge in [-0.25, -0.2) is 4.98 Å². The maximum Gasteiger partial charge on any atom is 0.358 e. The molecule has 1 unspecified atom stereocenters. The largest absolute Gasteiger partial charge is 0.438 e. The van der Waals surface area contributed by atoms with E-state index in [0.717, 1.165) is 12.8 Å². The molecule has 0 amide bonds. The maximum absolute atomic E-state index is 12.8. The van der Waals surface area contributed by atoms with Crippen molar-refractivity contribution < 1.29 is 27.9 Å². The molecule has 4 N–H and O–H groups in total. The summed E-state index contributed by atoms with van der Waals surface area (Å²) in [4.78, 5) is 24.1. The molecule has 1 saturated carbocycles. The van der Waals surface area contributed by atoms with Crippen LogP contribution in [0, 0.1) is 5.41 Å². The first-order valence-corrected chi connectivity index (χ1v) is 11.0. The molecule has 2 heterocycles. The second-order valence-corrected chi connectivity index (χ2v) is 10.3. The summed E-state index contributed by atoms with van der Waals surface area (Å²) in [6, 6.07) is 0. The Bertz CT molecular complexity index is 983. The number of anilines is 2. The lowest BCUT2D eigenvalue weighted by molar-refractivity contribution is -0.160. The van der Waals surface area contributed by atoms with Gasteiger partial charge in [-0.3, -0.25) is 13.9 Å². The highest BCUT2D eigenvalue weighted by molar-refractivity contribution is 7.53. The lowest BCUT2D eigenvalue weighted by atomic mass is 9.98. The van der Waals surface area contributed by atoms with Crippen molar-refractivity contribution in [3.05, 3.63) is 6.33 Å². The zero-order chi connectivity index (χ0) is 22.2.